The van der Waals surface area contributed by atoms with Crippen LogP contribution < -0.4 is 33.1 Å². The van der Waals surface area contributed by atoms with Gasteiger partial charge in [-0.1, -0.05) is 222 Å². The minimum Gasteiger partial charge on any atom is -0.497 e. The van der Waals surface area contributed by atoms with Crippen molar-refractivity contribution in [2.75, 3.05) is 67.8 Å². The third kappa shape index (κ3) is 32.5. The van der Waals surface area contributed by atoms with Crippen LogP contribution in [-0.2, 0) is 109 Å². The maximum absolute atomic E-state index is 13.7. The maximum atomic E-state index is 13.7. The monoisotopic (exact) mass is 1790 g/mol. The molecule has 0 aromatic heterocycles. The number of methoxy groups -OCH3 is 4. The molecule has 0 bridgehead atoms. The number of benzene rings is 10. The predicted octanol–water partition coefficient (Wildman–Crippen LogP) is 19.3. The second kappa shape index (κ2) is 51.3. The van der Waals surface area contributed by atoms with Crippen molar-refractivity contribution < 1.29 is 63.3 Å². The van der Waals surface area contributed by atoms with Crippen molar-refractivity contribution in [3.05, 3.63) is 320 Å². The Morgan fingerprint density at radius 3 is 1.10 bits per heavy atom. The summed E-state index contributed by atoms with van der Waals surface area (Å²) < 4.78 is 112. The molecule has 123 heavy (non-hydrogen) atoms. The molecule has 10 aromatic rings. The van der Waals surface area contributed by atoms with Gasteiger partial charge >= 0.3 is 0 Å². The number of carbonyl (C=O) groups is 3. The van der Waals surface area contributed by atoms with Crippen LogP contribution in [0.1, 0.15) is 134 Å². The van der Waals surface area contributed by atoms with Gasteiger partial charge in [-0.15, -0.1) is 0 Å². The molecule has 0 atom stereocenters. The summed E-state index contributed by atoms with van der Waals surface area (Å²) in [7, 11) is -4.61. The van der Waals surface area contributed by atoms with Crippen LogP contribution in [0.15, 0.2) is 264 Å². The van der Waals surface area contributed by atoms with Gasteiger partial charge in [-0.05, 0) is 199 Å². The molecule has 0 radical (unpaired) electrons. The third-order valence-corrected chi connectivity index (χ3v) is 25.9. The van der Waals surface area contributed by atoms with Crippen molar-refractivity contribution in [2.45, 2.75) is 158 Å². The average Bonchev–Trinajstić information content (AvgIpc) is 0.813. The molecule has 0 saturated carbocycles. The minimum atomic E-state index is -3.71. The first-order valence-corrected chi connectivity index (χ1v) is 47.0. The Morgan fingerprint density at radius 1 is 0.374 bits per heavy atom. The molecule has 10 rings (SSSR count). The van der Waals surface area contributed by atoms with Crippen LogP contribution in [0.2, 0.25) is 15.1 Å². The van der Waals surface area contributed by atoms with Gasteiger partial charge in [0.15, 0.2) is 0 Å². The third-order valence-electron chi connectivity index (χ3n) is 20.5. The molecule has 0 aliphatic heterocycles. The number of sulfonamides is 3. The topological polar surface area (TPSA) is 237 Å². The SMILES string of the molecule is C=CC(=O)N(CCc1ccc(S(=O)(=O)NCc2ccc(OC)cc2)cc1)Cc1cc(Cl)ccc1OC.CCCCCCCOc1ccc(Cl)cc1CN(CCc1ccc(S(=O)(=O)NCc2ccc(OC)cc2)cc1)C(=O)Cc1ccccc1.CCCCN(CCCC)S(=O)(=O)c1ccc(CCN(Cc2cc(Cl)ccc2OC)C(=O)Cc2ccccc2)cc1. The molecule has 656 valence electrons. The van der Waals surface area contributed by atoms with Gasteiger partial charge in [0.2, 0.25) is 47.8 Å². The quantitative estimate of drug-likeness (QED) is 0.0267. The number of rotatable bonds is 47. The highest BCUT2D eigenvalue weighted by molar-refractivity contribution is 7.90. The van der Waals surface area contributed by atoms with Gasteiger partial charge in [0, 0.05) is 97.2 Å². The number of hydrogen-bond donors (Lipinski definition) is 2. The number of nitrogens with one attached hydrogen (secondary N) is 2. The van der Waals surface area contributed by atoms with Crippen molar-refractivity contribution in [3.63, 3.8) is 0 Å². The molecule has 0 spiro atoms. The molecule has 0 saturated heterocycles. The standard InChI is InChI=1S/C38H45ClN2O5S.C32H41ClN2O4S.C27H29ClN2O5S/c1-3-4-5-6-10-25-46-37-22-17-34(39)27-33(37)29-41(38(42)26-31-11-8-7-9-12-31)24-23-30-15-20-36(21-16-30)47(43,44)40-28-32-13-18-35(45-2)19-14-32;1-4-6-20-35(21-7-5-2)40(37,38)30-16-13-26(14-17-30)19-22-34(32(36)23-27-11-9-8-10-12-27)25-28-24-29(33)15-18-31(28)39-3;1-4-27(31)30(19-22-17-23(28)9-14-26(22)35-3)16-15-20-7-12-25(13-8-20)36(32,33)29-18-21-5-10-24(34-2)11-6-21/h7-9,11-22,27,40H,3-6,10,23-26,28-29H2,1-2H3;8-18,24H,4-7,19-23,25H2,1-3H3;4-14,17,29H,1,15-16,18-19H2,2-3H3. The first kappa shape index (κ1) is 98.4. The molecule has 2 N–H and O–H groups in total. The highest BCUT2D eigenvalue weighted by Gasteiger charge is 2.26. The van der Waals surface area contributed by atoms with Crippen LogP contribution in [0.4, 0.5) is 0 Å². The minimum absolute atomic E-state index is 0.00471. The molecule has 20 nitrogen and oxygen atoms in total. The number of ether oxygens (including phenoxy) is 5. The van der Waals surface area contributed by atoms with Gasteiger partial charge in [0.25, 0.3) is 0 Å². The molecule has 10 aromatic carbocycles. The first-order chi connectivity index (χ1) is 59.3. The highest BCUT2D eigenvalue weighted by Crippen LogP contribution is 2.30. The van der Waals surface area contributed by atoms with E-state index in [1.807, 2.05) is 119 Å². The Labute approximate surface area is 743 Å². The van der Waals surface area contributed by atoms with E-state index in [2.05, 4.69) is 36.8 Å². The molecule has 0 heterocycles. The molecular weight excluding hydrogens is 1680 g/mol. The summed E-state index contributed by atoms with van der Waals surface area (Å²) in [6.07, 6.45) is 12.8. The van der Waals surface area contributed by atoms with Crippen LogP contribution in [-0.4, -0.2) is 130 Å². The summed E-state index contributed by atoms with van der Waals surface area (Å²) in [6, 6.07) is 70.5. The number of amides is 3. The first-order valence-electron chi connectivity index (χ1n) is 41.4. The molecule has 26 heteroatoms. The molecule has 0 fully saturated rings. The lowest BCUT2D eigenvalue weighted by atomic mass is 10.1. The van der Waals surface area contributed by atoms with E-state index in [0.29, 0.717) is 121 Å². The summed E-state index contributed by atoms with van der Waals surface area (Å²) in [5.41, 5.74) is 8.78. The fourth-order valence-electron chi connectivity index (χ4n) is 13.3. The Hall–Kier alpha value is -10.1. The van der Waals surface area contributed by atoms with Crippen molar-refractivity contribution in [2.24, 2.45) is 0 Å². The number of hydrogen-bond acceptors (Lipinski definition) is 14. The lowest BCUT2D eigenvalue weighted by Gasteiger charge is -2.25. The maximum Gasteiger partial charge on any atom is 0.246 e. The second-order valence-electron chi connectivity index (χ2n) is 29.5. The zero-order valence-corrected chi connectivity index (χ0v) is 76.1. The largest absolute Gasteiger partial charge is 0.497 e. The lowest BCUT2D eigenvalue weighted by molar-refractivity contribution is -0.131. The van der Waals surface area contributed by atoms with Crippen molar-refractivity contribution in [1.29, 1.82) is 0 Å². The zero-order valence-electron chi connectivity index (χ0n) is 71.3. The van der Waals surface area contributed by atoms with E-state index in [4.69, 9.17) is 58.5 Å². The smallest absolute Gasteiger partial charge is 0.246 e. The van der Waals surface area contributed by atoms with Gasteiger partial charge in [0.05, 0.1) is 62.6 Å². The predicted molar refractivity (Wildman–Crippen MR) is 492 cm³/mol. The molecule has 0 aliphatic rings. The molecular formula is C97H115Cl3N6O14S3. The number of nitrogens with zero attached hydrogens (tertiary/aromatic N) is 4. The fourth-order valence-corrected chi connectivity index (χ4v) is 17.4. The van der Waals surface area contributed by atoms with Crippen LogP contribution in [0.3, 0.4) is 0 Å². The second-order valence-corrected chi connectivity index (χ2v) is 36.3. The summed E-state index contributed by atoms with van der Waals surface area (Å²) in [4.78, 5) is 45.5. The van der Waals surface area contributed by atoms with E-state index in [9.17, 15) is 39.6 Å². The van der Waals surface area contributed by atoms with Gasteiger partial charge in [-0.3, -0.25) is 14.4 Å². The van der Waals surface area contributed by atoms with Crippen molar-refractivity contribution >= 4 is 82.6 Å². The Kier molecular flexibility index (Phi) is 41.0. The molecule has 3 amide bonds. The number of unbranched alkanes of at least 4 members (excludes halogenated alkanes) is 6. The van der Waals surface area contributed by atoms with Gasteiger partial charge < -0.3 is 38.4 Å². The van der Waals surface area contributed by atoms with Gasteiger partial charge in [-0.2, -0.15) is 4.31 Å². The normalized spacial score (nSPS) is 11.3. The summed E-state index contributed by atoms with van der Waals surface area (Å²) in [5.74, 6) is 3.22. The number of halogens is 3. The Morgan fingerprint density at radius 2 is 0.724 bits per heavy atom. The van der Waals surface area contributed by atoms with Crippen molar-refractivity contribution in [1.82, 2.24) is 28.4 Å². The van der Waals surface area contributed by atoms with E-state index in [0.717, 1.165) is 99.9 Å². The van der Waals surface area contributed by atoms with Gasteiger partial charge in [0.1, 0.15) is 28.7 Å². The van der Waals surface area contributed by atoms with Crippen molar-refractivity contribution in [3.8, 4) is 28.7 Å². The van der Waals surface area contributed by atoms with Crippen LogP contribution in [0, 0.1) is 0 Å². The lowest BCUT2D eigenvalue weighted by Crippen LogP contribution is -2.34. The average molecular weight is 1790 g/mol. The molecule has 0 aliphatic carbocycles. The van der Waals surface area contributed by atoms with E-state index < -0.39 is 30.1 Å². The van der Waals surface area contributed by atoms with E-state index in [1.54, 1.807) is 165 Å². The highest BCUT2D eigenvalue weighted by atomic mass is 35.5. The Balaban J connectivity index is 0.000000231. The summed E-state index contributed by atoms with van der Waals surface area (Å²) in [5, 5.41) is 1.72. The van der Waals surface area contributed by atoms with E-state index in [1.165, 1.54) is 25.3 Å². The van der Waals surface area contributed by atoms with Crippen LogP contribution >= 0.6 is 34.8 Å². The summed E-state index contributed by atoms with van der Waals surface area (Å²) in [6.45, 7) is 14.3. The zero-order chi connectivity index (χ0) is 88.6. The van der Waals surface area contributed by atoms with Crippen LogP contribution in [0.5, 0.6) is 28.7 Å². The number of carbonyl (C=O) groups excluding carboxylic acids is 3. The fraction of sp³-hybridized carbons (Fsp3) is 0.330. The Bertz CT molecular complexity index is 5290. The molecule has 0 unspecified atom stereocenters. The summed E-state index contributed by atoms with van der Waals surface area (Å²) >= 11 is 18.8. The van der Waals surface area contributed by atoms with Gasteiger partial charge in [-0.25, -0.2) is 34.7 Å². The van der Waals surface area contributed by atoms with Crippen LogP contribution in [0.25, 0.3) is 0 Å². The van der Waals surface area contributed by atoms with E-state index in [-0.39, 0.29) is 53.4 Å². The van der Waals surface area contributed by atoms with E-state index >= 15 is 0 Å².